The van der Waals surface area contributed by atoms with Crippen molar-refractivity contribution in [1.82, 2.24) is 0 Å². The van der Waals surface area contributed by atoms with E-state index in [0.717, 1.165) is 23.2 Å². The smallest absolute Gasteiger partial charge is 0.0267 e. The van der Waals surface area contributed by atoms with Crippen LogP contribution in [0.15, 0.2) is 0 Å². The number of hydrogen-bond donors (Lipinski definition) is 0. The molecule has 3 saturated carbocycles. The Morgan fingerprint density at radius 1 is 0.800 bits per heavy atom. The maximum absolute atomic E-state index is 2.65. The van der Waals surface area contributed by atoms with E-state index >= 15 is 0 Å². The molecule has 3 rings (SSSR count). The fourth-order valence-corrected chi connectivity index (χ4v) is 4.31. The number of hydrogen-bond acceptors (Lipinski definition) is 0. The molecule has 0 nitrogen and oxygen atoms in total. The first-order valence-corrected chi connectivity index (χ1v) is 7.29. The summed E-state index contributed by atoms with van der Waals surface area (Å²) in [6.45, 7) is 2.65. The molecule has 0 saturated heterocycles. The van der Waals surface area contributed by atoms with Crippen LogP contribution in [0.5, 0.6) is 0 Å². The molecule has 0 N–H and O–H groups in total. The van der Waals surface area contributed by atoms with Crippen molar-refractivity contribution in [3.63, 3.8) is 0 Å². The highest BCUT2D eigenvalue weighted by Crippen LogP contribution is 2.59. The molecule has 3 aliphatic rings. The Morgan fingerprint density at radius 3 is 1.87 bits per heavy atom. The molecular formula is C15H26. The zero-order valence-electron chi connectivity index (χ0n) is 10.3. The first kappa shape index (κ1) is 10.2. The highest BCUT2D eigenvalue weighted by atomic mass is 14.5. The molecule has 3 fully saturated rings. The Kier molecular flexibility index (Phi) is 2.57. The monoisotopic (exact) mass is 206 g/mol. The summed E-state index contributed by atoms with van der Waals surface area (Å²) in [6.07, 6.45) is 15.5. The average Bonchev–Trinajstić information content (AvgIpc) is 2.85. The standard InChI is InChI=1S/C15H26/c1-15(14-9-10-14,13-7-4-8-13)11-12-5-2-3-6-12/h12-14H,2-11H2,1H3. The van der Waals surface area contributed by atoms with E-state index in [1.54, 1.807) is 44.9 Å². The van der Waals surface area contributed by atoms with Gasteiger partial charge in [-0.25, -0.2) is 0 Å². The Morgan fingerprint density at radius 2 is 1.40 bits per heavy atom. The van der Waals surface area contributed by atoms with Crippen molar-refractivity contribution < 1.29 is 0 Å². The molecule has 0 amide bonds. The van der Waals surface area contributed by atoms with Crippen LogP contribution in [-0.4, -0.2) is 0 Å². The second kappa shape index (κ2) is 3.79. The quantitative estimate of drug-likeness (QED) is 0.621. The second-order valence-electron chi connectivity index (χ2n) is 6.76. The molecule has 0 heteroatoms. The fourth-order valence-electron chi connectivity index (χ4n) is 4.31. The van der Waals surface area contributed by atoms with E-state index in [9.17, 15) is 0 Å². The molecule has 15 heavy (non-hydrogen) atoms. The van der Waals surface area contributed by atoms with Gasteiger partial charge in [0.05, 0.1) is 0 Å². The van der Waals surface area contributed by atoms with Crippen LogP contribution in [0.1, 0.15) is 71.1 Å². The Labute approximate surface area is 94.8 Å². The third-order valence-corrected chi connectivity index (χ3v) is 5.75. The van der Waals surface area contributed by atoms with E-state index < -0.39 is 0 Å². The summed E-state index contributed by atoms with van der Waals surface area (Å²) in [5.74, 6) is 3.35. The first-order chi connectivity index (χ1) is 7.29. The lowest BCUT2D eigenvalue weighted by molar-refractivity contribution is 0.0498. The molecule has 0 spiro atoms. The molecule has 0 bridgehead atoms. The lowest BCUT2D eigenvalue weighted by atomic mass is 9.60. The van der Waals surface area contributed by atoms with Gasteiger partial charge in [-0.05, 0) is 55.3 Å². The summed E-state index contributed by atoms with van der Waals surface area (Å²) in [6, 6.07) is 0. The van der Waals surface area contributed by atoms with Crippen LogP contribution in [0, 0.1) is 23.2 Å². The molecule has 0 aromatic heterocycles. The zero-order valence-corrected chi connectivity index (χ0v) is 10.3. The van der Waals surface area contributed by atoms with Gasteiger partial charge in [-0.3, -0.25) is 0 Å². The Hall–Kier alpha value is 0. The third-order valence-electron chi connectivity index (χ3n) is 5.75. The molecular weight excluding hydrogens is 180 g/mol. The van der Waals surface area contributed by atoms with E-state index in [0.29, 0.717) is 0 Å². The van der Waals surface area contributed by atoms with E-state index in [4.69, 9.17) is 0 Å². The molecule has 86 valence electrons. The van der Waals surface area contributed by atoms with Gasteiger partial charge in [0.1, 0.15) is 0 Å². The van der Waals surface area contributed by atoms with Crippen molar-refractivity contribution in [3.05, 3.63) is 0 Å². The lowest BCUT2D eigenvalue weighted by Gasteiger charge is -2.45. The third kappa shape index (κ3) is 1.85. The normalized spacial score (nSPS) is 32.6. The van der Waals surface area contributed by atoms with Crippen molar-refractivity contribution in [1.29, 1.82) is 0 Å². The summed E-state index contributed by atoms with van der Waals surface area (Å²) in [7, 11) is 0. The molecule has 0 heterocycles. The number of rotatable bonds is 4. The van der Waals surface area contributed by atoms with Crippen LogP contribution >= 0.6 is 0 Å². The van der Waals surface area contributed by atoms with Crippen LogP contribution < -0.4 is 0 Å². The first-order valence-electron chi connectivity index (χ1n) is 7.29. The topological polar surface area (TPSA) is 0 Å². The summed E-state index contributed by atoms with van der Waals surface area (Å²) in [5.41, 5.74) is 0.771. The van der Waals surface area contributed by atoms with Gasteiger partial charge in [-0.2, -0.15) is 0 Å². The van der Waals surface area contributed by atoms with Crippen molar-refractivity contribution >= 4 is 0 Å². The summed E-state index contributed by atoms with van der Waals surface area (Å²) in [5, 5.41) is 0. The maximum atomic E-state index is 2.65. The molecule has 0 aromatic carbocycles. The van der Waals surface area contributed by atoms with Gasteiger partial charge >= 0.3 is 0 Å². The van der Waals surface area contributed by atoms with E-state index in [1.165, 1.54) is 19.3 Å². The minimum atomic E-state index is 0.771. The SMILES string of the molecule is CC(CC1CCCC1)(C1CCC1)C1CC1. The minimum Gasteiger partial charge on any atom is -0.0591 e. The average molecular weight is 206 g/mol. The highest BCUT2D eigenvalue weighted by molar-refractivity contribution is 4.99. The second-order valence-corrected chi connectivity index (χ2v) is 6.76. The Bertz CT molecular complexity index is 218. The van der Waals surface area contributed by atoms with Crippen molar-refractivity contribution in [2.75, 3.05) is 0 Å². The van der Waals surface area contributed by atoms with Gasteiger partial charge in [-0.15, -0.1) is 0 Å². The minimum absolute atomic E-state index is 0.771. The van der Waals surface area contributed by atoms with Crippen LogP contribution in [-0.2, 0) is 0 Å². The molecule has 0 aliphatic heterocycles. The summed E-state index contributed by atoms with van der Waals surface area (Å²) >= 11 is 0. The van der Waals surface area contributed by atoms with Crippen molar-refractivity contribution in [2.24, 2.45) is 23.2 Å². The van der Waals surface area contributed by atoms with Crippen LogP contribution in [0.4, 0.5) is 0 Å². The molecule has 0 radical (unpaired) electrons. The van der Waals surface area contributed by atoms with Crippen LogP contribution in [0.2, 0.25) is 0 Å². The molecule has 3 aliphatic carbocycles. The van der Waals surface area contributed by atoms with Crippen LogP contribution in [0.3, 0.4) is 0 Å². The predicted octanol–water partition coefficient (Wildman–Crippen LogP) is 4.78. The largest absolute Gasteiger partial charge is 0.0591 e. The summed E-state index contributed by atoms with van der Waals surface area (Å²) in [4.78, 5) is 0. The van der Waals surface area contributed by atoms with E-state index in [-0.39, 0.29) is 0 Å². The van der Waals surface area contributed by atoms with Gasteiger partial charge in [0.2, 0.25) is 0 Å². The van der Waals surface area contributed by atoms with Crippen LogP contribution in [0.25, 0.3) is 0 Å². The lowest BCUT2D eigenvalue weighted by Crippen LogP contribution is -2.36. The van der Waals surface area contributed by atoms with Crippen molar-refractivity contribution in [2.45, 2.75) is 71.1 Å². The maximum Gasteiger partial charge on any atom is -0.0267 e. The molecule has 0 aromatic rings. The fraction of sp³-hybridized carbons (Fsp3) is 1.00. The van der Waals surface area contributed by atoms with Gasteiger partial charge < -0.3 is 0 Å². The molecule has 1 unspecified atom stereocenters. The predicted molar refractivity (Wildman–Crippen MR) is 64.7 cm³/mol. The molecule has 1 atom stereocenters. The Balaban J connectivity index is 1.65. The van der Waals surface area contributed by atoms with Crippen molar-refractivity contribution in [3.8, 4) is 0 Å². The summed E-state index contributed by atoms with van der Waals surface area (Å²) < 4.78 is 0. The van der Waals surface area contributed by atoms with Gasteiger partial charge in [0.25, 0.3) is 0 Å². The zero-order chi connectivity index (χ0) is 10.3. The highest BCUT2D eigenvalue weighted by Gasteiger charge is 2.49. The van der Waals surface area contributed by atoms with E-state index in [2.05, 4.69) is 6.92 Å². The van der Waals surface area contributed by atoms with Gasteiger partial charge in [0.15, 0.2) is 0 Å². The van der Waals surface area contributed by atoms with Gasteiger partial charge in [-0.1, -0.05) is 39.0 Å². The van der Waals surface area contributed by atoms with E-state index in [1.807, 2.05) is 0 Å². The van der Waals surface area contributed by atoms with Gasteiger partial charge in [0, 0.05) is 0 Å².